The molecule has 2 fully saturated rings. The smallest absolute Gasteiger partial charge is 0.275 e. The van der Waals surface area contributed by atoms with E-state index in [4.69, 9.17) is 9.72 Å². The number of benzene rings is 2. The number of halogens is 1. The Morgan fingerprint density at radius 2 is 1.95 bits per heavy atom. The molecular formula is C31H38ClN5O3. The molecule has 1 saturated heterocycles. The summed E-state index contributed by atoms with van der Waals surface area (Å²) in [5.41, 5.74) is 3.44. The van der Waals surface area contributed by atoms with E-state index in [1.807, 2.05) is 45.9 Å². The molecule has 0 spiro atoms. The van der Waals surface area contributed by atoms with Crippen molar-refractivity contribution in [1.82, 2.24) is 24.8 Å². The zero-order valence-corrected chi connectivity index (χ0v) is 23.7. The number of H-pyrrole nitrogens is 1. The highest BCUT2D eigenvalue weighted by atomic mass is 35.5. The topological polar surface area (TPSA) is 95.4 Å². The van der Waals surface area contributed by atoms with Crippen LogP contribution in [0.1, 0.15) is 47.8 Å². The Labute approximate surface area is 241 Å². The Morgan fingerprint density at radius 1 is 1.15 bits per heavy atom. The van der Waals surface area contributed by atoms with Crippen molar-refractivity contribution in [3.63, 3.8) is 0 Å². The maximum atomic E-state index is 14.3. The minimum absolute atomic E-state index is 0. The van der Waals surface area contributed by atoms with Gasteiger partial charge in [-0.2, -0.15) is 0 Å². The Kier molecular flexibility index (Phi) is 8.61. The molecular weight excluding hydrogens is 526 g/mol. The van der Waals surface area contributed by atoms with Crippen molar-refractivity contribution < 1.29 is 14.6 Å². The van der Waals surface area contributed by atoms with Crippen LogP contribution in [-0.2, 0) is 11.2 Å². The molecule has 3 heterocycles. The highest BCUT2D eigenvalue weighted by Crippen LogP contribution is 2.41. The van der Waals surface area contributed by atoms with Crippen molar-refractivity contribution in [3.8, 4) is 11.3 Å². The molecule has 9 heteroatoms. The molecule has 1 aliphatic heterocycles. The van der Waals surface area contributed by atoms with Gasteiger partial charge < -0.3 is 29.6 Å². The monoisotopic (exact) mass is 563 g/mol. The van der Waals surface area contributed by atoms with Crippen molar-refractivity contribution in [1.29, 1.82) is 0 Å². The second kappa shape index (κ2) is 12.1. The number of ether oxygens (including phenoxy) is 1. The summed E-state index contributed by atoms with van der Waals surface area (Å²) < 4.78 is 7.50. The number of amides is 1. The van der Waals surface area contributed by atoms with Crippen LogP contribution in [0.25, 0.3) is 22.2 Å². The van der Waals surface area contributed by atoms with Crippen LogP contribution < -0.4 is 5.32 Å². The molecule has 1 saturated carbocycles. The number of para-hydroxylation sites is 1. The molecule has 0 bridgehead atoms. The van der Waals surface area contributed by atoms with Crippen LogP contribution in [0.15, 0.2) is 67.1 Å². The molecule has 1 amide bonds. The van der Waals surface area contributed by atoms with Gasteiger partial charge in [0.05, 0.1) is 24.7 Å². The van der Waals surface area contributed by atoms with Gasteiger partial charge in [-0.25, -0.2) is 4.98 Å². The number of piperazine rings is 1. The van der Waals surface area contributed by atoms with E-state index in [0.717, 1.165) is 55.5 Å². The molecule has 2 aromatic heterocycles. The summed E-state index contributed by atoms with van der Waals surface area (Å²) in [6, 6.07) is 18.0. The zero-order chi connectivity index (χ0) is 26.8. The zero-order valence-electron chi connectivity index (χ0n) is 22.9. The van der Waals surface area contributed by atoms with E-state index in [2.05, 4.69) is 34.7 Å². The SMILES string of the molecule is COC[C@]1(O)CCCC[C@H]1n1cnc(C(=O)N2CCNC[C@H]2Cc2c[nH]c3ccccc23)c1-c1ccccc1.Cl. The third kappa shape index (κ3) is 5.29. The number of hydrogen-bond donors (Lipinski definition) is 3. The summed E-state index contributed by atoms with van der Waals surface area (Å²) in [6.07, 6.45) is 7.99. The highest BCUT2D eigenvalue weighted by molar-refractivity contribution is 5.98. The lowest BCUT2D eigenvalue weighted by molar-refractivity contribution is -0.0893. The van der Waals surface area contributed by atoms with E-state index in [0.29, 0.717) is 18.7 Å². The number of carbonyl (C=O) groups excluding carboxylic acids is 1. The molecule has 0 radical (unpaired) electrons. The number of carbonyl (C=O) groups is 1. The van der Waals surface area contributed by atoms with Crippen molar-refractivity contribution >= 4 is 29.2 Å². The maximum absolute atomic E-state index is 14.3. The number of nitrogens with zero attached hydrogens (tertiary/aromatic N) is 3. The fourth-order valence-electron chi connectivity index (χ4n) is 6.56. The molecule has 2 aromatic carbocycles. The summed E-state index contributed by atoms with van der Waals surface area (Å²) in [5, 5.41) is 16.3. The Balaban J connectivity index is 0.00000323. The predicted molar refractivity (Wildman–Crippen MR) is 159 cm³/mol. The van der Waals surface area contributed by atoms with Crippen molar-refractivity contribution in [2.45, 2.75) is 49.8 Å². The lowest BCUT2D eigenvalue weighted by Crippen LogP contribution is -2.54. The molecule has 8 nitrogen and oxygen atoms in total. The molecule has 3 atom stereocenters. The molecule has 1 aliphatic carbocycles. The number of aromatic nitrogens is 3. The van der Waals surface area contributed by atoms with Gasteiger partial charge in [0.15, 0.2) is 5.69 Å². The normalized spacial score (nSPS) is 23.2. The lowest BCUT2D eigenvalue weighted by atomic mass is 9.80. The first-order valence-electron chi connectivity index (χ1n) is 14.0. The summed E-state index contributed by atoms with van der Waals surface area (Å²) in [4.78, 5) is 24.4. The summed E-state index contributed by atoms with van der Waals surface area (Å²) in [7, 11) is 1.63. The minimum Gasteiger partial charge on any atom is -0.385 e. The molecule has 4 aromatic rings. The van der Waals surface area contributed by atoms with Gasteiger partial charge in [0.1, 0.15) is 5.60 Å². The number of nitrogens with one attached hydrogen (secondary N) is 2. The van der Waals surface area contributed by atoms with E-state index < -0.39 is 5.60 Å². The van der Waals surface area contributed by atoms with E-state index >= 15 is 0 Å². The summed E-state index contributed by atoms with van der Waals surface area (Å²) in [6.45, 7) is 2.33. The lowest BCUT2D eigenvalue weighted by Gasteiger charge is -2.41. The van der Waals surface area contributed by atoms with Gasteiger partial charge in [0.25, 0.3) is 5.91 Å². The van der Waals surface area contributed by atoms with Crippen LogP contribution in [0.5, 0.6) is 0 Å². The molecule has 2 aliphatic rings. The Morgan fingerprint density at radius 3 is 2.77 bits per heavy atom. The Bertz CT molecular complexity index is 1430. The van der Waals surface area contributed by atoms with Crippen molar-refractivity contribution in [2.24, 2.45) is 0 Å². The maximum Gasteiger partial charge on any atom is 0.275 e. The van der Waals surface area contributed by atoms with Crippen LogP contribution in [0.4, 0.5) is 0 Å². The van der Waals surface area contributed by atoms with Crippen LogP contribution >= 0.6 is 12.4 Å². The van der Waals surface area contributed by atoms with Crippen LogP contribution in [0.3, 0.4) is 0 Å². The third-order valence-corrected chi connectivity index (χ3v) is 8.47. The first kappa shape index (κ1) is 28.4. The second-order valence-electron chi connectivity index (χ2n) is 10.9. The number of rotatable bonds is 7. The van der Waals surface area contributed by atoms with Gasteiger partial charge in [-0.05, 0) is 30.9 Å². The van der Waals surface area contributed by atoms with Crippen molar-refractivity contribution in [2.75, 3.05) is 33.4 Å². The number of imidazole rings is 1. The van der Waals surface area contributed by atoms with E-state index in [9.17, 15) is 9.90 Å². The second-order valence-corrected chi connectivity index (χ2v) is 10.9. The number of aliphatic hydroxyl groups is 1. The largest absolute Gasteiger partial charge is 0.385 e. The molecule has 6 rings (SSSR count). The number of aromatic amines is 1. The van der Waals surface area contributed by atoms with Crippen LogP contribution in [-0.4, -0.2) is 75.4 Å². The third-order valence-electron chi connectivity index (χ3n) is 8.47. The van der Waals surface area contributed by atoms with Gasteiger partial charge >= 0.3 is 0 Å². The molecule has 3 N–H and O–H groups in total. The fourth-order valence-corrected chi connectivity index (χ4v) is 6.56. The van der Waals surface area contributed by atoms with Gasteiger partial charge in [-0.15, -0.1) is 12.4 Å². The van der Waals surface area contributed by atoms with Gasteiger partial charge in [0, 0.05) is 55.4 Å². The molecule has 212 valence electrons. The first-order valence-corrected chi connectivity index (χ1v) is 14.0. The average molecular weight is 564 g/mol. The van der Waals surface area contributed by atoms with Gasteiger partial charge in [-0.1, -0.05) is 61.4 Å². The van der Waals surface area contributed by atoms with E-state index in [1.165, 1.54) is 10.9 Å². The first-order chi connectivity index (χ1) is 19.1. The van der Waals surface area contributed by atoms with Crippen LogP contribution in [0.2, 0.25) is 0 Å². The number of fused-ring (bicyclic) bond motifs is 1. The van der Waals surface area contributed by atoms with Gasteiger partial charge in [-0.3, -0.25) is 4.79 Å². The number of methoxy groups -OCH3 is 1. The summed E-state index contributed by atoms with van der Waals surface area (Å²) >= 11 is 0. The molecule has 0 unspecified atom stereocenters. The fraction of sp³-hybridized carbons (Fsp3) is 0.419. The average Bonchev–Trinajstić information content (AvgIpc) is 3.58. The Hall–Kier alpha value is -3.17. The van der Waals surface area contributed by atoms with Crippen molar-refractivity contribution in [3.05, 3.63) is 78.4 Å². The predicted octanol–water partition coefficient (Wildman–Crippen LogP) is 4.60. The standard InChI is InChI=1S/C31H37N5O3.ClH/c1-39-20-31(38)14-8-7-13-27(31)36-21-34-28(29(36)22-9-3-2-4-10-22)30(37)35-16-15-32-19-24(35)17-23-18-33-26-12-6-5-11-25(23)26;/h2-6,9-12,18,21,24,27,32-33,38H,7-8,13-17,19-20H2,1H3;1H/t24-,27-,31-;/m1./s1. The molecule has 40 heavy (non-hydrogen) atoms. The van der Waals surface area contributed by atoms with Gasteiger partial charge in [0.2, 0.25) is 0 Å². The quantitative estimate of drug-likeness (QED) is 0.305. The minimum atomic E-state index is -1.01. The number of hydrogen-bond acceptors (Lipinski definition) is 5. The highest BCUT2D eigenvalue weighted by Gasteiger charge is 2.42. The van der Waals surface area contributed by atoms with Crippen LogP contribution in [0, 0.1) is 0 Å². The summed E-state index contributed by atoms with van der Waals surface area (Å²) in [5.74, 6) is -0.0648. The van der Waals surface area contributed by atoms with E-state index in [-0.39, 0.29) is 37.0 Å². The van der Waals surface area contributed by atoms with E-state index in [1.54, 1.807) is 13.4 Å².